The van der Waals surface area contributed by atoms with Crippen molar-refractivity contribution in [1.29, 1.82) is 0 Å². The molecule has 1 atom stereocenters. The fraction of sp³-hybridized carbons (Fsp3) is 0.280. The average Bonchev–Trinajstić information content (AvgIpc) is 3.26. The van der Waals surface area contributed by atoms with Crippen LogP contribution in [0.15, 0.2) is 60.0 Å². The smallest absolute Gasteiger partial charge is 0.242 e. The Bertz CT molecular complexity index is 1120. The van der Waals surface area contributed by atoms with Crippen molar-refractivity contribution in [2.75, 3.05) is 19.6 Å². The number of likely N-dealkylation sites (N-methyl/N-ethyl adjacent to an activating group) is 1. The molecule has 4 rings (SSSR count). The predicted octanol–water partition coefficient (Wildman–Crippen LogP) is 5.62. The number of thiophene rings is 1. The fourth-order valence-corrected chi connectivity index (χ4v) is 5.57. The van der Waals surface area contributed by atoms with Crippen LogP contribution < -0.4 is 0 Å². The molecule has 3 aromatic rings. The minimum atomic E-state index is -0.287. The van der Waals surface area contributed by atoms with Gasteiger partial charge in [-0.05, 0) is 53.6 Å². The van der Waals surface area contributed by atoms with E-state index in [1.54, 1.807) is 28.4 Å². The summed E-state index contributed by atoms with van der Waals surface area (Å²) in [6, 6.07) is 16.8. The highest BCUT2D eigenvalue weighted by molar-refractivity contribution is 7.10. The molecule has 4 nitrogen and oxygen atoms in total. The van der Waals surface area contributed by atoms with Crippen LogP contribution in [0.5, 0.6) is 0 Å². The van der Waals surface area contributed by atoms with Crippen molar-refractivity contribution in [3.8, 4) is 0 Å². The van der Waals surface area contributed by atoms with E-state index < -0.39 is 0 Å². The van der Waals surface area contributed by atoms with Crippen molar-refractivity contribution in [3.05, 3.63) is 91.6 Å². The largest absolute Gasteiger partial charge is 0.333 e. The third-order valence-corrected chi connectivity index (χ3v) is 7.36. The van der Waals surface area contributed by atoms with Gasteiger partial charge in [-0.2, -0.15) is 0 Å². The summed E-state index contributed by atoms with van der Waals surface area (Å²) in [6.45, 7) is 3.00. The predicted molar refractivity (Wildman–Crippen MR) is 130 cm³/mol. The third kappa shape index (κ3) is 4.85. The molecule has 0 saturated heterocycles. The van der Waals surface area contributed by atoms with Crippen LogP contribution in [0.4, 0.5) is 0 Å². The Morgan fingerprint density at radius 3 is 2.59 bits per heavy atom. The van der Waals surface area contributed by atoms with Crippen molar-refractivity contribution in [1.82, 2.24) is 9.80 Å². The maximum absolute atomic E-state index is 13.5. The van der Waals surface area contributed by atoms with Crippen LogP contribution in [0.1, 0.15) is 34.5 Å². The van der Waals surface area contributed by atoms with Crippen molar-refractivity contribution in [2.45, 2.75) is 25.8 Å². The van der Waals surface area contributed by atoms with Gasteiger partial charge >= 0.3 is 0 Å². The van der Waals surface area contributed by atoms with Crippen molar-refractivity contribution in [2.24, 2.45) is 0 Å². The highest BCUT2D eigenvalue weighted by atomic mass is 35.5. The Kier molecular flexibility index (Phi) is 7.19. The first-order valence-electron chi connectivity index (χ1n) is 10.6. The monoisotopic (exact) mass is 486 g/mol. The summed E-state index contributed by atoms with van der Waals surface area (Å²) < 4.78 is 0. The van der Waals surface area contributed by atoms with Gasteiger partial charge in [0.25, 0.3) is 0 Å². The molecule has 0 N–H and O–H groups in total. The molecule has 32 heavy (non-hydrogen) atoms. The summed E-state index contributed by atoms with van der Waals surface area (Å²) in [5.74, 6) is -0.137. The van der Waals surface area contributed by atoms with Crippen LogP contribution in [-0.4, -0.2) is 41.2 Å². The van der Waals surface area contributed by atoms with Gasteiger partial charge in [0.05, 0.1) is 19.0 Å². The first-order valence-corrected chi connectivity index (χ1v) is 12.2. The first kappa shape index (κ1) is 22.8. The summed E-state index contributed by atoms with van der Waals surface area (Å²) >= 11 is 14.4. The number of hydrogen-bond donors (Lipinski definition) is 0. The zero-order valence-electron chi connectivity index (χ0n) is 17.8. The van der Waals surface area contributed by atoms with E-state index in [-0.39, 0.29) is 30.8 Å². The fourth-order valence-electron chi connectivity index (χ4n) is 4.16. The van der Waals surface area contributed by atoms with Crippen LogP contribution in [-0.2, 0) is 22.4 Å². The topological polar surface area (TPSA) is 40.6 Å². The van der Waals surface area contributed by atoms with E-state index in [0.717, 1.165) is 23.1 Å². The number of rotatable bonds is 6. The molecule has 2 amide bonds. The number of halogens is 2. The van der Waals surface area contributed by atoms with Gasteiger partial charge in [-0.3, -0.25) is 9.59 Å². The highest BCUT2D eigenvalue weighted by Gasteiger charge is 2.34. The standard InChI is InChI=1S/C25H24Cl2N2O2S/c1-2-28(23(30)14-17-6-4-3-5-7-17)16-24(31)29-12-10-22-20(11-13-32-22)25(29)19-9-8-18(26)15-21(19)27/h3-9,11,13,15,25H,2,10,12,14,16H2,1H3. The minimum absolute atomic E-state index is 0.0450. The van der Waals surface area contributed by atoms with E-state index in [2.05, 4.69) is 11.4 Å². The van der Waals surface area contributed by atoms with Crippen LogP contribution in [0, 0.1) is 0 Å². The summed E-state index contributed by atoms with van der Waals surface area (Å²) in [5, 5.41) is 3.14. The van der Waals surface area contributed by atoms with Gasteiger partial charge in [0.1, 0.15) is 0 Å². The molecule has 0 saturated carbocycles. The summed E-state index contributed by atoms with van der Waals surface area (Å²) in [6.07, 6.45) is 1.08. The molecule has 1 aromatic heterocycles. The van der Waals surface area contributed by atoms with Gasteiger partial charge in [0.2, 0.25) is 11.8 Å². The van der Waals surface area contributed by atoms with E-state index in [1.807, 2.05) is 48.2 Å². The van der Waals surface area contributed by atoms with E-state index in [1.165, 1.54) is 4.88 Å². The molecule has 0 radical (unpaired) electrons. The van der Waals surface area contributed by atoms with E-state index in [4.69, 9.17) is 23.2 Å². The number of nitrogens with zero attached hydrogens (tertiary/aromatic N) is 2. The first-order chi connectivity index (χ1) is 15.5. The molecule has 0 bridgehead atoms. The van der Waals surface area contributed by atoms with Crippen LogP contribution in [0.2, 0.25) is 10.0 Å². The Morgan fingerprint density at radius 1 is 1.09 bits per heavy atom. The van der Waals surface area contributed by atoms with Gasteiger partial charge in [0.15, 0.2) is 0 Å². The number of fused-ring (bicyclic) bond motifs is 1. The van der Waals surface area contributed by atoms with E-state index in [9.17, 15) is 9.59 Å². The Morgan fingerprint density at radius 2 is 1.88 bits per heavy atom. The Hall–Kier alpha value is -2.34. The molecule has 1 aliphatic rings. The van der Waals surface area contributed by atoms with E-state index in [0.29, 0.717) is 23.1 Å². The molecule has 1 unspecified atom stereocenters. The van der Waals surface area contributed by atoms with Gasteiger partial charge < -0.3 is 9.80 Å². The van der Waals surface area contributed by atoms with Crippen molar-refractivity contribution >= 4 is 46.4 Å². The normalized spacial score (nSPS) is 15.3. The molecule has 2 heterocycles. The molecule has 0 spiro atoms. The maximum atomic E-state index is 13.5. The molecule has 1 aliphatic heterocycles. The average molecular weight is 487 g/mol. The number of benzene rings is 2. The quantitative estimate of drug-likeness (QED) is 0.453. The minimum Gasteiger partial charge on any atom is -0.333 e. The second kappa shape index (κ2) is 10.1. The summed E-state index contributed by atoms with van der Waals surface area (Å²) in [4.78, 5) is 31.1. The molecule has 0 aliphatic carbocycles. The highest BCUT2D eigenvalue weighted by Crippen LogP contribution is 2.41. The lowest BCUT2D eigenvalue weighted by Gasteiger charge is -2.38. The van der Waals surface area contributed by atoms with Gasteiger partial charge in [0, 0.05) is 28.0 Å². The van der Waals surface area contributed by atoms with Crippen molar-refractivity contribution in [3.63, 3.8) is 0 Å². The zero-order valence-corrected chi connectivity index (χ0v) is 20.1. The third-order valence-electron chi connectivity index (χ3n) is 5.80. The van der Waals surface area contributed by atoms with Crippen LogP contribution in [0.3, 0.4) is 0 Å². The molecular weight excluding hydrogens is 463 g/mol. The van der Waals surface area contributed by atoms with Gasteiger partial charge in [-0.1, -0.05) is 59.6 Å². The molecule has 0 fully saturated rings. The lowest BCUT2D eigenvalue weighted by Crippen LogP contribution is -2.47. The molecule has 166 valence electrons. The number of amides is 2. The second-order valence-corrected chi connectivity index (χ2v) is 9.62. The Balaban J connectivity index is 1.57. The molecule has 2 aromatic carbocycles. The number of hydrogen-bond acceptors (Lipinski definition) is 3. The lowest BCUT2D eigenvalue weighted by atomic mass is 9.93. The Labute approximate surface area is 202 Å². The zero-order chi connectivity index (χ0) is 22.7. The van der Waals surface area contributed by atoms with Gasteiger partial charge in [-0.25, -0.2) is 0 Å². The molecule has 7 heteroatoms. The summed E-state index contributed by atoms with van der Waals surface area (Å²) in [7, 11) is 0. The van der Waals surface area contributed by atoms with Crippen LogP contribution >= 0.6 is 34.5 Å². The lowest BCUT2D eigenvalue weighted by molar-refractivity contribution is -0.141. The number of carbonyl (C=O) groups excluding carboxylic acids is 2. The van der Waals surface area contributed by atoms with Crippen LogP contribution in [0.25, 0.3) is 0 Å². The summed E-state index contributed by atoms with van der Waals surface area (Å²) in [5.41, 5.74) is 2.88. The van der Waals surface area contributed by atoms with E-state index >= 15 is 0 Å². The SMILES string of the molecule is CCN(CC(=O)N1CCc2sccc2C1c1ccc(Cl)cc1Cl)C(=O)Cc1ccccc1. The van der Waals surface area contributed by atoms with Gasteiger partial charge in [-0.15, -0.1) is 11.3 Å². The molecular formula is C25H24Cl2N2O2S. The maximum Gasteiger partial charge on any atom is 0.242 e. The van der Waals surface area contributed by atoms with Crippen molar-refractivity contribution < 1.29 is 9.59 Å². The second-order valence-electron chi connectivity index (χ2n) is 7.77. The number of carbonyl (C=O) groups is 2.